The van der Waals surface area contributed by atoms with E-state index in [2.05, 4.69) is 10.6 Å². The highest BCUT2D eigenvalue weighted by molar-refractivity contribution is 6.05. The maximum absolute atomic E-state index is 12.7. The summed E-state index contributed by atoms with van der Waals surface area (Å²) in [5.41, 5.74) is 2.13. The summed E-state index contributed by atoms with van der Waals surface area (Å²) in [7, 11) is 3.30. The highest BCUT2D eigenvalue weighted by Crippen LogP contribution is 2.21. The van der Waals surface area contributed by atoms with E-state index in [-0.39, 0.29) is 11.8 Å². The minimum Gasteiger partial charge on any atom is -0.497 e. The molecule has 1 unspecified atom stereocenters. The number of methoxy groups -OCH3 is 1. The van der Waals surface area contributed by atoms with Crippen molar-refractivity contribution in [2.45, 2.75) is 12.5 Å². The fourth-order valence-corrected chi connectivity index (χ4v) is 3.22. The number of amides is 2. The summed E-state index contributed by atoms with van der Waals surface area (Å²) in [6, 6.07) is 14.8. The number of hydrogen-bond acceptors (Lipinski definition) is 5. The van der Waals surface area contributed by atoms with E-state index >= 15 is 0 Å². The number of likely N-dealkylation sites (N-methyl/N-ethyl adjacent to an activating group) is 1. The van der Waals surface area contributed by atoms with Crippen molar-refractivity contribution in [2.24, 2.45) is 0 Å². The van der Waals surface area contributed by atoms with Gasteiger partial charge in [0.2, 0.25) is 0 Å². The normalized spacial score (nSPS) is 16.1. The average molecular weight is 397 g/mol. The molecule has 1 heterocycles. The highest BCUT2D eigenvalue weighted by atomic mass is 16.5. The lowest BCUT2D eigenvalue weighted by Crippen LogP contribution is -2.48. The van der Waals surface area contributed by atoms with Crippen LogP contribution in [0.25, 0.3) is 0 Å². The standard InChI is InChI=1S/C22H27N3O4/c1-25(22(27)20-15-23-13-14-29-20)19-6-4-3-5-18(19)21(26)24-12-11-16-7-9-17(28-2)10-8-16/h3-10,20,23H,11-15H2,1-2H3,(H,24,26). The molecule has 2 amide bonds. The van der Waals surface area contributed by atoms with Crippen LogP contribution < -0.4 is 20.3 Å². The Kier molecular flexibility index (Phi) is 7.21. The summed E-state index contributed by atoms with van der Waals surface area (Å²) in [4.78, 5) is 27.0. The smallest absolute Gasteiger partial charge is 0.257 e. The summed E-state index contributed by atoms with van der Waals surface area (Å²) in [6.07, 6.45) is 0.161. The lowest BCUT2D eigenvalue weighted by molar-refractivity contribution is -0.131. The molecule has 154 valence electrons. The van der Waals surface area contributed by atoms with E-state index in [9.17, 15) is 9.59 Å². The van der Waals surface area contributed by atoms with Gasteiger partial charge in [-0.3, -0.25) is 9.59 Å². The van der Waals surface area contributed by atoms with Crippen molar-refractivity contribution < 1.29 is 19.1 Å². The van der Waals surface area contributed by atoms with Gasteiger partial charge < -0.3 is 25.0 Å². The molecule has 1 fully saturated rings. The van der Waals surface area contributed by atoms with Crippen LogP contribution in [0.5, 0.6) is 5.75 Å². The summed E-state index contributed by atoms with van der Waals surface area (Å²) in [5, 5.41) is 6.09. The third-order valence-electron chi connectivity index (χ3n) is 4.90. The number of hydrogen-bond donors (Lipinski definition) is 2. The van der Waals surface area contributed by atoms with Crippen molar-refractivity contribution in [1.29, 1.82) is 0 Å². The molecule has 1 atom stereocenters. The van der Waals surface area contributed by atoms with Crippen LogP contribution in [0.2, 0.25) is 0 Å². The van der Waals surface area contributed by atoms with E-state index < -0.39 is 6.10 Å². The molecule has 0 radical (unpaired) electrons. The second-order valence-corrected chi connectivity index (χ2v) is 6.83. The minimum atomic E-state index is -0.542. The van der Waals surface area contributed by atoms with Crippen molar-refractivity contribution in [1.82, 2.24) is 10.6 Å². The molecule has 0 aliphatic carbocycles. The van der Waals surface area contributed by atoms with Gasteiger partial charge in [0.05, 0.1) is 25.0 Å². The first-order valence-corrected chi connectivity index (χ1v) is 9.70. The Bertz CT molecular complexity index is 832. The number of benzene rings is 2. The third-order valence-corrected chi connectivity index (χ3v) is 4.90. The molecule has 3 rings (SSSR count). The van der Waals surface area contributed by atoms with Gasteiger partial charge >= 0.3 is 0 Å². The van der Waals surface area contributed by atoms with E-state index in [1.165, 1.54) is 4.90 Å². The molecule has 0 bridgehead atoms. The topological polar surface area (TPSA) is 79.9 Å². The second-order valence-electron chi connectivity index (χ2n) is 6.83. The van der Waals surface area contributed by atoms with E-state index in [1.807, 2.05) is 30.3 Å². The van der Waals surface area contributed by atoms with Crippen LogP contribution in [0.15, 0.2) is 48.5 Å². The molecule has 7 heteroatoms. The number of morpholine rings is 1. The molecule has 2 N–H and O–H groups in total. The Labute approximate surface area is 171 Å². The van der Waals surface area contributed by atoms with Gasteiger partial charge in [0.1, 0.15) is 11.9 Å². The maximum Gasteiger partial charge on any atom is 0.257 e. The van der Waals surface area contributed by atoms with Gasteiger partial charge in [-0.1, -0.05) is 24.3 Å². The Hall–Kier alpha value is -2.90. The molecular weight excluding hydrogens is 370 g/mol. The second kappa shape index (κ2) is 10.0. The predicted molar refractivity (Wildman–Crippen MR) is 111 cm³/mol. The van der Waals surface area contributed by atoms with Gasteiger partial charge in [-0.15, -0.1) is 0 Å². The van der Waals surface area contributed by atoms with Gasteiger partial charge in [-0.25, -0.2) is 0 Å². The number of carbonyl (C=O) groups is 2. The van der Waals surface area contributed by atoms with E-state index in [0.717, 1.165) is 17.9 Å². The molecule has 2 aromatic rings. The van der Waals surface area contributed by atoms with Crippen LogP contribution in [-0.4, -0.2) is 58.3 Å². The van der Waals surface area contributed by atoms with Crippen LogP contribution in [0, 0.1) is 0 Å². The van der Waals surface area contributed by atoms with E-state index in [1.54, 1.807) is 32.4 Å². The molecule has 1 aliphatic heterocycles. The summed E-state index contributed by atoms with van der Waals surface area (Å²) >= 11 is 0. The van der Waals surface area contributed by atoms with Crippen molar-refractivity contribution >= 4 is 17.5 Å². The number of nitrogens with zero attached hydrogens (tertiary/aromatic N) is 1. The minimum absolute atomic E-state index is 0.171. The first-order chi connectivity index (χ1) is 14.1. The number of ether oxygens (including phenoxy) is 2. The van der Waals surface area contributed by atoms with Gasteiger partial charge in [0.25, 0.3) is 11.8 Å². The third kappa shape index (κ3) is 5.34. The summed E-state index contributed by atoms with van der Waals surface area (Å²) in [6.45, 7) is 2.20. The molecule has 0 aromatic heterocycles. The summed E-state index contributed by atoms with van der Waals surface area (Å²) in [5.74, 6) is 0.420. The zero-order valence-electron chi connectivity index (χ0n) is 16.8. The van der Waals surface area contributed by atoms with Crippen molar-refractivity contribution in [3.05, 3.63) is 59.7 Å². The molecule has 7 nitrogen and oxygen atoms in total. The van der Waals surface area contributed by atoms with Gasteiger partial charge in [-0.2, -0.15) is 0 Å². The number of nitrogens with one attached hydrogen (secondary N) is 2. The largest absolute Gasteiger partial charge is 0.497 e. The van der Waals surface area contributed by atoms with Gasteiger partial charge in [0, 0.05) is 26.7 Å². The zero-order valence-corrected chi connectivity index (χ0v) is 16.8. The first-order valence-electron chi connectivity index (χ1n) is 9.70. The van der Waals surface area contributed by atoms with Gasteiger partial charge in [0.15, 0.2) is 0 Å². The van der Waals surface area contributed by atoms with Crippen molar-refractivity contribution in [3.8, 4) is 5.75 Å². The van der Waals surface area contributed by atoms with Gasteiger partial charge in [-0.05, 0) is 36.2 Å². The Morgan fingerprint density at radius 3 is 2.66 bits per heavy atom. The fourth-order valence-electron chi connectivity index (χ4n) is 3.22. The van der Waals surface area contributed by atoms with E-state index in [0.29, 0.717) is 37.4 Å². The Morgan fingerprint density at radius 1 is 1.21 bits per heavy atom. The molecule has 0 spiro atoms. The first kappa shape index (κ1) is 20.8. The molecule has 1 aliphatic rings. The predicted octanol–water partition coefficient (Wildman–Crippen LogP) is 1.62. The lowest BCUT2D eigenvalue weighted by Gasteiger charge is -2.28. The number of carbonyl (C=O) groups excluding carboxylic acids is 2. The maximum atomic E-state index is 12.7. The van der Waals surface area contributed by atoms with Crippen LogP contribution in [0.3, 0.4) is 0 Å². The van der Waals surface area contributed by atoms with Crippen molar-refractivity contribution in [3.63, 3.8) is 0 Å². The average Bonchev–Trinajstić information content (AvgIpc) is 2.79. The highest BCUT2D eigenvalue weighted by Gasteiger charge is 2.27. The number of rotatable bonds is 7. The van der Waals surface area contributed by atoms with E-state index in [4.69, 9.17) is 9.47 Å². The van der Waals surface area contributed by atoms with Crippen molar-refractivity contribution in [2.75, 3.05) is 45.3 Å². The monoisotopic (exact) mass is 397 g/mol. The number of para-hydroxylation sites is 1. The molecule has 2 aromatic carbocycles. The zero-order chi connectivity index (χ0) is 20.6. The van der Waals surface area contributed by atoms with Crippen LogP contribution in [-0.2, 0) is 16.0 Å². The molecule has 29 heavy (non-hydrogen) atoms. The molecule has 0 saturated carbocycles. The summed E-state index contributed by atoms with van der Waals surface area (Å²) < 4.78 is 10.7. The molecule has 1 saturated heterocycles. The van der Waals surface area contributed by atoms with Crippen LogP contribution in [0.1, 0.15) is 15.9 Å². The number of anilines is 1. The Balaban J connectivity index is 1.62. The van der Waals surface area contributed by atoms with Crippen LogP contribution in [0.4, 0.5) is 5.69 Å². The quantitative estimate of drug-likeness (QED) is 0.742. The Morgan fingerprint density at radius 2 is 1.97 bits per heavy atom. The fraction of sp³-hybridized carbons (Fsp3) is 0.364. The lowest BCUT2D eigenvalue weighted by atomic mass is 10.1. The SMILES string of the molecule is COc1ccc(CCNC(=O)c2ccccc2N(C)C(=O)C2CNCCO2)cc1. The van der Waals surface area contributed by atoms with Crippen LogP contribution >= 0.6 is 0 Å². The molecular formula is C22H27N3O4.